The molecule has 0 radical (unpaired) electrons. The highest BCUT2D eigenvalue weighted by atomic mass is 32.1. The highest BCUT2D eigenvalue weighted by Gasteiger charge is 2.12. The Morgan fingerprint density at radius 1 is 1.17 bits per heavy atom. The van der Waals surface area contributed by atoms with Crippen LogP contribution in [0.15, 0.2) is 65.3 Å². The van der Waals surface area contributed by atoms with Crippen LogP contribution in [0.5, 0.6) is 0 Å². The topological polar surface area (TPSA) is 47.8 Å². The van der Waals surface area contributed by atoms with Crippen LogP contribution in [0.4, 0.5) is 0 Å². The van der Waals surface area contributed by atoms with Crippen molar-refractivity contribution in [2.45, 2.75) is 13.5 Å². The molecule has 0 fully saturated rings. The summed E-state index contributed by atoms with van der Waals surface area (Å²) in [4.78, 5) is 21.3. The molecule has 24 heavy (non-hydrogen) atoms. The Morgan fingerprint density at radius 3 is 2.79 bits per heavy atom. The first-order chi connectivity index (χ1) is 11.7. The Morgan fingerprint density at radius 2 is 2.00 bits per heavy atom. The zero-order valence-electron chi connectivity index (χ0n) is 13.1. The minimum absolute atomic E-state index is 0.000662. The molecule has 0 unspecified atom stereocenters. The summed E-state index contributed by atoms with van der Waals surface area (Å²) in [5.41, 5.74) is 5.12. The maximum Gasteiger partial charge on any atom is 0.271 e. The monoisotopic (exact) mass is 333 g/mol. The Hall–Kier alpha value is -2.79. The van der Waals surface area contributed by atoms with Crippen molar-refractivity contribution in [2.75, 3.05) is 0 Å². The summed E-state index contributed by atoms with van der Waals surface area (Å²) in [7, 11) is 0. The van der Waals surface area contributed by atoms with Crippen molar-refractivity contribution in [1.82, 2.24) is 14.5 Å². The van der Waals surface area contributed by atoms with Crippen LogP contribution in [0.25, 0.3) is 21.3 Å². The molecule has 0 aliphatic heterocycles. The van der Waals surface area contributed by atoms with Gasteiger partial charge in [-0.1, -0.05) is 29.8 Å². The molecule has 3 aromatic heterocycles. The average molecular weight is 333 g/mol. The van der Waals surface area contributed by atoms with E-state index in [0.29, 0.717) is 11.2 Å². The van der Waals surface area contributed by atoms with Crippen LogP contribution in [0.2, 0.25) is 0 Å². The van der Waals surface area contributed by atoms with Crippen LogP contribution < -0.4 is 5.56 Å². The van der Waals surface area contributed by atoms with Crippen LogP contribution in [0.1, 0.15) is 11.1 Å². The lowest BCUT2D eigenvalue weighted by Crippen LogP contribution is -2.20. The van der Waals surface area contributed by atoms with Crippen LogP contribution >= 0.6 is 11.3 Å². The molecular weight excluding hydrogens is 318 g/mol. The first-order valence-corrected chi connectivity index (χ1v) is 8.53. The van der Waals surface area contributed by atoms with Gasteiger partial charge >= 0.3 is 0 Å². The lowest BCUT2D eigenvalue weighted by molar-refractivity contribution is 0.749. The first kappa shape index (κ1) is 14.8. The minimum atomic E-state index is 0.000662. The van der Waals surface area contributed by atoms with E-state index < -0.39 is 0 Å². The summed E-state index contributed by atoms with van der Waals surface area (Å²) in [5, 5.41) is 2.02. The molecule has 0 atom stereocenters. The maximum absolute atomic E-state index is 12.8. The van der Waals surface area contributed by atoms with E-state index in [1.165, 1.54) is 16.9 Å². The maximum atomic E-state index is 12.8. The van der Waals surface area contributed by atoms with Crippen molar-refractivity contribution in [3.8, 4) is 11.1 Å². The fourth-order valence-electron chi connectivity index (χ4n) is 2.76. The molecule has 4 rings (SSSR count). The van der Waals surface area contributed by atoms with Gasteiger partial charge in [0.1, 0.15) is 4.70 Å². The number of benzene rings is 1. The van der Waals surface area contributed by atoms with E-state index in [0.717, 1.165) is 22.2 Å². The molecule has 3 heterocycles. The molecule has 1 aromatic carbocycles. The lowest BCUT2D eigenvalue weighted by atomic mass is 10.1. The molecule has 4 nitrogen and oxygen atoms in total. The molecule has 0 aliphatic rings. The molecule has 0 spiro atoms. The Balaban J connectivity index is 1.80. The SMILES string of the molecule is Cc1cccc(-c2csc3c(=O)n(Cc4ccncc4)cnc23)c1. The normalized spacial score (nSPS) is 11.0. The molecule has 0 amide bonds. The van der Waals surface area contributed by atoms with Gasteiger partial charge in [-0.2, -0.15) is 0 Å². The second kappa shape index (κ2) is 6.02. The highest BCUT2D eigenvalue weighted by molar-refractivity contribution is 7.17. The van der Waals surface area contributed by atoms with Gasteiger partial charge in [0.25, 0.3) is 5.56 Å². The molecule has 0 bridgehead atoms. The second-order valence-electron chi connectivity index (χ2n) is 5.73. The number of rotatable bonds is 3. The van der Waals surface area contributed by atoms with E-state index in [1.54, 1.807) is 23.3 Å². The van der Waals surface area contributed by atoms with Crippen molar-refractivity contribution in [3.05, 3.63) is 82.0 Å². The average Bonchev–Trinajstić information content (AvgIpc) is 3.03. The largest absolute Gasteiger partial charge is 0.294 e. The third-order valence-corrected chi connectivity index (χ3v) is 4.93. The fraction of sp³-hybridized carbons (Fsp3) is 0.105. The first-order valence-electron chi connectivity index (χ1n) is 7.65. The molecule has 118 valence electrons. The van der Waals surface area contributed by atoms with Crippen molar-refractivity contribution in [3.63, 3.8) is 0 Å². The zero-order chi connectivity index (χ0) is 16.5. The highest BCUT2D eigenvalue weighted by Crippen LogP contribution is 2.31. The summed E-state index contributed by atoms with van der Waals surface area (Å²) in [6.07, 6.45) is 5.09. The van der Waals surface area contributed by atoms with Crippen molar-refractivity contribution < 1.29 is 0 Å². The summed E-state index contributed by atoms with van der Waals surface area (Å²) in [6, 6.07) is 12.1. The molecule has 0 saturated carbocycles. The van der Waals surface area contributed by atoms with Gasteiger partial charge in [-0.05, 0) is 30.2 Å². The van der Waals surface area contributed by atoms with Gasteiger partial charge in [0, 0.05) is 23.3 Å². The number of aromatic nitrogens is 3. The molecule has 5 heteroatoms. The van der Waals surface area contributed by atoms with Crippen LogP contribution in [0.3, 0.4) is 0 Å². The Bertz CT molecular complexity index is 1070. The van der Waals surface area contributed by atoms with Gasteiger partial charge in [0.05, 0.1) is 18.4 Å². The number of hydrogen-bond acceptors (Lipinski definition) is 4. The van der Waals surface area contributed by atoms with Gasteiger partial charge in [0.2, 0.25) is 0 Å². The standard InChI is InChI=1S/C19H15N3OS/c1-13-3-2-4-15(9-13)16-11-24-18-17(16)21-12-22(19(18)23)10-14-5-7-20-8-6-14/h2-9,11-12H,10H2,1H3. The Labute approximate surface area is 143 Å². The summed E-state index contributed by atoms with van der Waals surface area (Å²) in [6.45, 7) is 2.56. The molecule has 0 aliphatic carbocycles. The summed E-state index contributed by atoms with van der Waals surface area (Å²) in [5.74, 6) is 0. The summed E-state index contributed by atoms with van der Waals surface area (Å²) < 4.78 is 2.34. The van der Waals surface area contributed by atoms with E-state index in [9.17, 15) is 4.79 Å². The molecule has 4 aromatic rings. The van der Waals surface area contributed by atoms with Crippen molar-refractivity contribution in [2.24, 2.45) is 0 Å². The molecule has 0 saturated heterocycles. The van der Waals surface area contributed by atoms with Gasteiger partial charge in [-0.3, -0.25) is 14.3 Å². The van der Waals surface area contributed by atoms with Crippen LogP contribution in [-0.4, -0.2) is 14.5 Å². The van der Waals surface area contributed by atoms with Gasteiger partial charge in [-0.15, -0.1) is 11.3 Å². The van der Waals surface area contributed by atoms with Gasteiger partial charge in [0.15, 0.2) is 0 Å². The number of nitrogens with zero attached hydrogens (tertiary/aromatic N) is 3. The molecular formula is C19H15N3OS. The smallest absolute Gasteiger partial charge is 0.271 e. The molecule has 0 N–H and O–H groups in total. The van der Waals surface area contributed by atoms with E-state index >= 15 is 0 Å². The van der Waals surface area contributed by atoms with Crippen LogP contribution in [-0.2, 0) is 6.54 Å². The van der Waals surface area contributed by atoms with E-state index in [1.807, 2.05) is 23.6 Å². The Kier molecular flexibility index (Phi) is 3.70. The number of pyridine rings is 1. The summed E-state index contributed by atoms with van der Waals surface area (Å²) >= 11 is 1.46. The minimum Gasteiger partial charge on any atom is -0.294 e. The quantitative estimate of drug-likeness (QED) is 0.572. The number of aryl methyl sites for hydroxylation is 1. The number of hydrogen-bond donors (Lipinski definition) is 0. The second-order valence-corrected chi connectivity index (χ2v) is 6.61. The predicted molar refractivity (Wildman–Crippen MR) is 97.4 cm³/mol. The lowest BCUT2D eigenvalue weighted by Gasteiger charge is -2.06. The zero-order valence-corrected chi connectivity index (χ0v) is 14.0. The van der Waals surface area contributed by atoms with Crippen molar-refractivity contribution in [1.29, 1.82) is 0 Å². The van der Waals surface area contributed by atoms with Gasteiger partial charge < -0.3 is 0 Å². The number of fused-ring (bicyclic) bond motifs is 1. The third kappa shape index (κ3) is 2.63. The number of thiophene rings is 1. The van der Waals surface area contributed by atoms with Crippen molar-refractivity contribution >= 4 is 21.6 Å². The third-order valence-electron chi connectivity index (χ3n) is 3.98. The van der Waals surface area contributed by atoms with E-state index in [2.05, 4.69) is 35.1 Å². The van der Waals surface area contributed by atoms with E-state index in [4.69, 9.17) is 0 Å². The van der Waals surface area contributed by atoms with Gasteiger partial charge in [-0.25, -0.2) is 4.98 Å². The predicted octanol–water partition coefficient (Wildman–Crippen LogP) is 3.88. The van der Waals surface area contributed by atoms with E-state index in [-0.39, 0.29) is 5.56 Å². The van der Waals surface area contributed by atoms with Crippen LogP contribution in [0, 0.1) is 6.92 Å². The fourth-order valence-corrected chi connectivity index (χ4v) is 3.73.